The molecule has 0 unspecified atom stereocenters. The molecule has 3 heterocycles. The summed E-state index contributed by atoms with van der Waals surface area (Å²) in [6.07, 6.45) is 1.91. The number of morpholine rings is 1. The normalized spacial score (nSPS) is 14.2. The first kappa shape index (κ1) is 18.2. The fraction of sp³-hybridized carbons (Fsp3) is 0.316. The number of nitrogens with zero attached hydrogens (tertiary/aromatic N) is 4. The van der Waals surface area contributed by atoms with Crippen LogP contribution in [-0.4, -0.2) is 65.2 Å². The van der Waals surface area contributed by atoms with Crippen LogP contribution in [0.2, 0.25) is 0 Å². The van der Waals surface area contributed by atoms with Crippen LogP contribution in [0, 0.1) is 0 Å². The van der Waals surface area contributed by atoms with Crippen molar-refractivity contribution in [3.8, 4) is 11.4 Å². The topological polar surface area (TPSA) is 104 Å². The average molecular weight is 382 g/mol. The van der Waals surface area contributed by atoms with Crippen molar-refractivity contribution in [2.24, 2.45) is 0 Å². The van der Waals surface area contributed by atoms with E-state index in [1.165, 1.54) is 0 Å². The van der Waals surface area contributed by atoms with E-state index >= 15 is 0 Å². The van der Waals surface area contributed by atoms with Crippen molar-refractivity contribution in [3.05, 3.63) is 42.6 Å². The van der Waals surface area contributed by atoms with Crippen molar-refractivity contribution in [2.45, 2.75) is 0 Å². The summed E-state index contributed by atoms with van der Waals surface area (Å²) < 4.78 is 7.29. The summed E-state index contributed by atoms with van der Waals surface area (Å²) in [4.78, 5) is 18.7. The van der Waals surface area contributed by atoms with Crippen molar-refractivity contribution in [1.82, 2.24) is 19.9 Å². The van der Waals surface area contributed by atoms with Crippen LogP contribution >= 0.6 is 0 Å². The summed E-state index contributed by atoms with van der Waals surface area (Å²) >= 11 is 0. The first-order chi connectivity index (χ1) is 13.7. The van der Waals surface area contributed by atoms with Gasteiger partial charge in [-0.3, -0.25) is 0 Å². The summed E-state index contributed by atoms with van der Waals surface area (Å²) in [7, 11) is 0. The van der Waals surface area contributed by atoms with E-state index in [4.69, 9.17) is 14.8 Å². The summed E-state index contributed by atoms with van der Waals surface area (Å²) in [5.41, 5.74) is 2.46. The van der Waals surface area contributed by atoms with Gasteiger partial charge < -0.3 is 25.4 Å². The third-order valence-electron chi connectivity index (χ3n) is 4.48. The minimum absolute atomic E-state index is 0.100. The van der Waals surface area contributed by atoms with Crippen LogP contribution in [0.15, 0.2) is 42.6 Å². The Morgan fingerprint density at radius 3 is 2.71 bits per heavy atom. The van der Waals surface area contributed by atoms with Crippen molar-refractivity contribution < 1.29 is 14.6 Å². The smallest absolute Gasteiger partial charge is 0.319 e. The molecular weight excluding hydrogens is 360 g/mol. The lowest BCUT2D eigenvalue weighted by atomic mass is 10.2. The Kier molecular flexibility index (Phi) is 5.36. The molecule has 2 aromatic heterocycles. The number of benzene rings is 1. The molecule has 3 aromatic rings. The van der Waals surface area contributed by atoms with Gasteiger partial charge in [0.2, 0.25) is 0 Å². The number of urea groups is 1. The zero-order valence-corrected chi connectivity index (χ0v) is 15.3. The van der Waals surface area contributed by atoms with E-state index < -0.39 is 0 Å². The number of aromatic nitrogens is 3. The van der Waals surface area contributed by atoms with Gasteiger partial charge in [-0.25, -0.2) is 14.3 Å². The molecule has 4 rings (SSSR count). The van der Waals surface area contributed by atoms with Crippen molar-refractivity contribution in [1.29, 1.82) is 0 Å². The molecule has 1 saturated heterocycles. The molecule has 9 nitrogen and oxygen atoms in total. The van der Waals surface area contributed by atoms with E-state index in [1.54, 1.807) is 12.1 Å². The summed E-state index contributed by atoms with van der Waals surface area (Å²) in [6, 6.07) is 10.9. The SMILES string of the molecule is O=C(NCCO)Nc1ccc(-c2nc(N3CCOCC3)c3cccn3n2)cc1. The highest BCUT2D eigenvalue weighted by molar-refractivity contribution is 5.89. The van der Waals surface area contributed by atoms with Crippen LogP contribution in [0.1, 0.15) is 0 Å². The standard InChI is InChI=1S/C19H22N6O3/c26-11-7-20-19(27)21-15-5-3-14(4-6-15)17-22-18(24-9-12-28-13-10-24)16-2-1-8-25(16)23-17/h1-6,8,26H,7,9-13H2,(H2,20,21,27). The molecule has 3 N–H and O–H groups in total. The molecule has 146 valence electrons. The van der Waals surface area contributed by atoms with E-state index in [0.717, 1.165) is 30.0 Å². The Morgan fingerprint density at radius 2 is 1.96 bits per heavy atom. The molecule has 9 heteroatoms. The van der Waals surface area contributed by atoms with Gasteiger partial charge >= 0.3 is 6.03 Å². The second kappa shape index (κ2) is 8.24. The summed E-state index contributed by atoms with van der Waals surface area (Å²) in [5, 5.41) is 18.6. The van der Waals surface area contributed by atoms with Crippen molar-refractivity contribution in [2.75, 3.05) is 49.7 Å². The molecule has 1 aromatic carbocycles. The summed E-state index contributed by atoms with van der Waals surface area (Å²) in [5.74, 6) is 1.50. The van der Waals surface area contributed by atoms with Crippen molar-refractivity contribution in [3.63, 3.8) is 0 Å². The number of anilines is 2. The maximum atomic E-state index is 11.7. The van der Waals surface area contributed by atoms with Gasteiger partial charge in [-0.1, -0.05) is 0 Å². The van der Waals surface area contributed by atoms with E-state index in [2.05, 4.69) is 20.6 Å². The van der Waals surface area contributed by atoms with E-state index in [9.17, 15) is 4.79 Å². The average Bonchev–Trinajstić information content (AvgIpc) is 3.21. The maximum Gasteiger partial charge on any atom is 0.319 e. The molecule has 0 saturated carbocycles. The molecule has 1 aliphatic heterocycles. The lowest BCUT2D eigenvalue weighted by Gasteiger charge is -2.28. The van der Waals surface area contributed by atoms with Gasteiger partial charge in [0.05, 0.1) is 19.8 Å². The van der Waals surface area contributed by atoms with Crippen LogP contribution in [-0.2, 0) is 4.74 Å². The highest BCUT2D eigenvalue weighted by Crippen LogP contribution is 2.25. The minimum Gasteiger partial charge on any atom is -0.395 e. The molecular formula is C19H22N6O3. The number of aliphatic hydroxyl groups excluding tert-OH is 1. The molecule has 28 heavy (non-hydrogen) atoms. The first-order valence-electron chi connectivity index (χ1n) is 9.19. The number of carbonyl (C=O) groups excluding carboxylic acids is 1. The number of ether oxygens (including phenoxy) is 1. The van der Waals surface area contributed by atoms with Gasteiger partial charge in [0, 0.05) is 37.1 Å². The van der Waals surface area contributed by atoms with Gasteiger partial charge in [-0.05, 0) is 36.4 Å². The largest absolute Gasteiger partial charge is 0.395 e. The van der Waals surface area contributed by atoms with E-state index in [1.807, 2.05) is 35.0 Å². The Hall–Kier alpha value is -3.17. The molecule has 1 aliphatic rings. The molecule has 0 radical (unpaired) electrons. The molecule has 2 amide bonds. The molecule has 0 bridgehead atoms. The number of carbonyl (C=O) groups is 1. The van der Waals surface area contributed by atoms with Crippen LogP contribution in [0.5, 0.6) is 0 Å². The first-order valence-corrected chi connectivity index (χ1v) is 9.19. The number of fused-ring (bicyclic) bond motifs is 1. The number of hydrogen-bond acceptors (Lipinski definition) is 6. The Labute approximate surface area is 161 Å². The number of nitrogens with one attached hydrogen (secondary N) is 2. The Morgan fingerprint density at radius 1 is 1.18 bits per heavy atom. The van der Waals surface area contributed by atoms with Crippen LogP contribution in [0.4, 0.5) is 16.3 Å². The number of rotatable bonds is 5. The second-order valence-electron chi connectivity index (χ2n) is 6.38. The summed E-state index contributed by atoms with van der Waals surface area (Å²) in [6.45, 7) is 3.07. The second-order valence-corrected chi connectivity index (χ2v) is 6.38. The molecule has 0 aliphatic carbocycles. The fourth-order valence-corrected chi connectivity index (χ4v) is 3.10. The highest BCUT2D eigenvalue weighted by atomic mass is 16.5. The fourth-order valence-electron chi connectivity index (χ4n) is 3.10. The minimum atomic E-state index is -0.360. The van der Waals surface area contributed by atoms with Crippen LogP contribution in [0.25, 0.3) is 16.9 Å². The zero-order valence-electron chi connectivity index (χ0n) is 15.3. The molecule has 0 spiro atoms. The molecule has 1 fully saturated rings. The van der Waals surface area contributed by atoms with Crippen LogP contribution < -0.4 is 15.5 Å². The molecule has 0 atom stereocenters. The Bertz CT molecular complexity index is 950. The third kappa shape index (κ3) is 3.90. The van der Waals surface area contributed by atoms with Gasteiger partial charge in [-0.15, -0.1) is 5.10 Å². The number of aliphatic hydroxyl groups is 1. The van der Waals surface area contributed by atoms with Crippen LogP contribution in [0.3, 0.4) is 0 Å². The monoisotopic (exact) mass is 382 g/mol. The Balaban J connectivity index is 1.59. The van der Waals surface area contributed by atoms with Crippen molar-refractivity contribution >= 4 is 23.1 Å². The van der Waals surface area contributed by atoms with Gasteiger partial charge in [0.15, 0.2) is 11.6 Å². The van der Waals surface area contributed by atoms with E-state index in [-0.39, 0.29) is 19.2 Å². The van der Waals surface area contributed by atoms with Gasteiger partial charge in [0.1, 0.15) is 5.52 Å². The lowest BCUT2D eigenvalue weighted by molar-refractivity contribution is 0.122. The predicted octanol–water partition coefficient (Wildman–Crippen LogP) is 1.35. The number of hydrogen-bond donors (Lipinski definition) is 3. The highest BCUT2D eigenvalue weighted by Gasteiger charge is 2.18. The predicted molar refractivity (Wildman–Crippen MR) is 106 cm³/mol. The van der Waals surface area contributed by atoms with Gasteiger partial charge in [0.25, 0.3) is 0 Å². The third-order valence-corrected chi connectivity index (χ3v) is 4.48. The lowest BCUT2D eigenvalue weighted by Crippen LogP contribution is -2.37. The van der Waals surface area contributed by atoms with Gasteiger partial charge in [-0.2, -0.15) is 0 Å². The van der Waals surface area contributed by atoms with E-state index in [0.29, 0.717) is 24.7 Å². The number of amides is 2. The zero-order chi connectivity index (χ0) is 19.3. The quantitative estimate of drug-likeness (QED) is 0.615. The maximum absolute atomic E-state index is 11.7.